The molecule has 2 aromatic heterocycles. The number of alkyl halides is 3. The maximum absolute atomic E-state index is 16.2. The molecule has 1 unspecified atom stereocenters. The minimum absolute atomic E-state index is 0.0279. The maximum atomic E-state index is 16.2. The summed E-state index contributed by atoms with van der Waals surface area (Å²) in [6.07, 6.45) is 2.10. The van der Waals surface area contributed by atoms with Gasteiger partial charge in [-0.1, -0.05) is 31.4 Å². The highest BCUT2D eigenvalue weighted by Crippen LogP contribution is 2.38. The number of likely N-dealkylation sites (N-methyl/N-ethyl adjacent to an activating group) is 1. The molecule has 0 radical (unpaired) electrons. The van der Waals surface area contributed by atoms with Gasteiger partial charge in [0.1, 0.15) is 17.7 Å². The summed E-state index contributed by atoms with van der Waals surface area (Å²) < 4.78 is 58.0. The van der Waals surface area contributed by atoms with E-state index < -0.39 is 64.3 Å². The molecule has 18 nitrogen and oxygen atoms in total. The Balaban J connectivity index is 0.775. The molecule has 0 bridgehead atoms. The van der Waals surface area contributed by atoms with E-state index in [-0.39, 0.29) is 72.1 Å². The fourth-order valence-electron chi connectivity index (χ4n) is 10.2. The van der Waals surface area contributed by atoms with Gasteiger partial charge in [0.15, 0.2) is 0 Å². The average Bonchev–Trinajstić information content (AvgIpc) is 3.65. The van der Waals surface area contributed by atoms with Crippen LogP contribution in [-0.2, 0) is 31.8 Å². The van der Waals surface area contributed by atoms with Gasteiger partial charge in [0.25, 0.3) is 17.7 Å². The molecule has 6 heterocycles. The zero-order valence-corrected chi connectivity index (χ0v) is 42.0. The summed E-state index contributed by atoms with van der Waals surface area (Å²) in [7, 11) is 1.96. The molecule has 4 aromatic rings. The van der Waals surface area contributed by atoms with Crippen LogP contribution >= 0.6 is 0 Å². The number of carbonyl (C=O) groups excluding carboxylic acids is 7. The first-order chi connectivity index (χ1) is 35.8. The van der Waals surface area contributed by atoms with Gasteiger partial charge in [-0.2, -0.15) is 13.2 Å². The summed E-state index contributed by atoms with van der Waals surface area (Å²) in [6, 6.07) is 10.5. The van der Waals surface area contributed by atoms with Gasteiger partial charge in [0.05, 0.1) is 33.6 Å². The van der Waals surface area contributed by atoms with Gasteiger partial charge in [-0.05, 0) is 82.5 Å². The number of amides is 7. The van der Waals surface area contributed by atoms with Crippen molar-refractivity contribution in [2.45, 2.75) is 102 Å². The molecule has 7 amide bonds. The van der Waals surface area contributed by atoms with E-state index in [2.05, 4.69) is 30.8 Å². The number of rotatable bonds is 17. The van der Waals surface area contributed by atoms with Gasteiger partial charge in [-0.15, -0.1) is 0 Å². The van der Waals surface area contributed by atoms with Crippen molar-refractivity contribution in [1.82, 2.24) is 35.3 Å². The van der Waals surface area contributed by atoms with Crippen LogP contribution in [-0.4, -0.2) is 137 Å². The number of H-pyrrole nitrogens is 1. The van der Waals surface area contributed by atoms with Crippen molar-refractivity contribution in [2.75, 3.05) is 68.0 Å². The summed E-state index contributed by atoms with van der Waals surface area (Å²) in [5.74, 6) is -3.70. The van der Waals surface area contributed by atoms with E-state index in [0.29, 0.717) is 81.4 Å². The molecule has 8 rings (SSSR count). The van der Waals surface area contributed by atoms with E-state index in [9.17, 15) is 51.5 Å². The lowest BCUT2D eigenvalue weighted by Gasteiger charge is -2.44. The quantitative estimate of drug-likeness (QED) is 0.0585. The van der Waals surface area contributed by atoms with Gasteiger partial charge in [-0.25, -0.2) is 9.37 Å². The largest absolute Gasteiger partial charge is 0.417 e. The fourth-order valence-corrected chi connectivity index (χ4v) is 10.2. The molecule has 3 fully saturated rings. The number of aromatic amines is 1. The number of anilines is 3. The summed E-state index contributed by atoms with van der Waals surface area (Å²) in [4.78, 5) is 117. The van der Waals surface area contributed by atoms with Crippen LogP contribution in [0.25, 0.3) is 11.1 Å². The zero-order valence-electron chi connectivity index (χ0n) is 42.0. The fraction of sp³-hybridized carbons (Fsp3) is 0.453. The molecule has 2 aromatic carbocycles. The van der Waals surface area contributed by atoms with E-state index in [0.717, 1.165) is 42.6 Å². The number of imide groups is 2. The number of halogens is 4. The van der Waals surface area contributed by atoms with E-state index in [1.165, 1.54) is 18.3 Å². The molecule has 3 saturated heterocycles. The molecule has 4 aliphatic heterocycles. The van der Waals surface area contributed by atoms with Gasteiger partial charge < -0.3 is 30.3 Å². The SMILES string of the molecule is C[C@@H]1CN(c2cc(F)c(-c3ccc(N4CCN(C(=O)CCC(=O)NCCCCCCCc5cccc6c5C(=O)N(C5CCC(=O)NC5=O)C6=O)CC4)nc3)cc2NC(=O)c2c[nH]c(=O)cc2C(F)(F)F)C[C@H](C)N1C. The van der Waals surface area contributed by atoms with Crippen molar-refractivity contribution in [3.8, 4) is 11.1 Å². The number of carbonyl (C=O) groups is 7. The van der Waals surface area contributed by atoms with Gasteiger partial charge in [-0.3, -0.25) is 53.5 Å². The Kier molecular flexibility index (Phi) is 16.5. The number of unbranched alkanes of at least 4 members (excludes halogenated alkanes) is 4. The average molecular weight is 1040 g/mol. The van der Waals surface area contributed by atoms with Crippen LogP contribution in [0.15, 0.2) is 65.7 Å². The predicted molar refractivity (Wildman–Crippen MR) is 269 cm³/mol. The Bertz CT molecular complexity index is 2910. The first-order valence-corrected chi connectivity index (χ1v) is 25.3. The van der Waals surface area contributed by atoms with Crippen LogP contribution in [0, 0.1) is 5.82 Å². The summed E-state index contributed by atoms with van der Waals surface area (Å²) >= 11 is 0. The van der Waals surface area contributed by atoms with Crippen molar-refractivity contribution in [1.29, 1.82) is 0 Å². The normalized spacial score (nSPS) is 19.3. The number of fused-ring (bicyclic) bond motifs is 1. The lowest BCUT2D eigenvalue weighted by Crippen LogP contribution is -2.55. The topological polar surface area (TPSA) is 218 Å². The van der Waals surface area contributed by atoms with E-state index in [1.54, 1.807) is 29.2 Å². The van der Waals surface area contributed by atoms with Crippen LogP contribution in [0.4, 0.5) is 34.8 Å². The molecule has 4 aliphatic rings. The summed E-state index contributed by atoms with van der Waals surface area (Å²) in [5.41, 5.74) is -1.18. The van der Waals surface area contributed by atoms with Crippen LogP contribution in [0.5, 0.6) is 0 Å². The highest BCUT2D eigenvalue weighted by atomic mass is 19.4. The molecular weight excluding hydrogens is 981 g/mol. The molecule has 0 saturated carbocycles. The van der Waals surface area contributed by atoms with E-state index in [1.807, 2.05) is 36.8 Å². The van der Waals surface area contributed by atoms with Crippen molar-refractivity contribution in [3.05, 3.63) is 105 Å². The molecule has 0 aliphatic carbocycles. The second-order valence-corrected chi connectivity index (χ2v) is 19.6. The van der Waals surface area contributed by atoms with Gasteiger partial charge in [0, 0.05) is 107 Å². The van der Waals surface area contributed by atoms with Gasteiger partial charge in [0.2, 0.25) is 29.2 Å². The third kappa shape index (κ3) is 12.2. The van der Waals surface area contributed by atoms with Crippen LogP contribution in [0.1, 0.15) is 114 Å². The molecule has 4 N–H and O–H groups in total. The van der Waals surface area contributed by atoms with Crippen LogP contribution < -0.4 is 31.3 Å². The Hall–Kier alpha value is -7.49. The molecule has 22 heteroatoms. The number of nitrogens with zero attached hydrogens (tertiary/aromatic N) is 6. The number of hydrogen-bond acceptors (Lipinski definition) is 12. The third-order valence-electron chi connectivity index (χ3n) is 14.6. The first-order valence-electron chi connectivity index (χ1n) is 25.3. The monoisotopic (exact) mass is 1040 g/mol. The molecule has 398 valence electrons. The zero-order chi connectivity index (χ0) is 53.7. The number of pyridine rings is 2. The maximum Gasteiger partial charge on any atom is 0.417 e. The number of benzene rings is 2. The first kappa shape index (κ1) is 53.8. The van der Waals surface area contributed by atoms with Crippen molar-refractivity contribution in [3.63, 3.8) is 0 Å². The smallest absolute Gasteiger partial charge is 0.367 e. The summed E-state index contributed by atoms with van der Waals surface area (Å²) in [6.45, 7) is 7.01. The predicted octanol–water partition coefficient (Wildman–Crippen LogP) is 5.52. The Morgan fingerprint density at radius 1 is 0.827 bits per heavy atom. The second-order valence-electron chi connectivity index (χ2n) is 19.6. The Labute approximate surface area is 430 Å². The Morgan fingerprint density at radius 2 is 1.55 bits per heavy atom. The molecular formula is C53H60F4N10O8. The molecule has 0 spiro atoms. The lowest BCUT2D eigenvalue weighted by molar-refractivity contribution is -0.138. The van der Waals surface area contributed by atoms with Crippen LogP contribution in [0.2, 0.25) is 0 Å². The number of hydrogen-bond donors (Lipinski definition) is 4. The van der Waals surface area contributed by atoms with Gasteiger partial charge >= 0.3 is 6.18 Å². The number of aromatic nitrogens is 2. The third-order valence-corrected chi connectivity index (χ3v) is 14.6. The van der Waals surface area contributed by atoms with Crippen molar-refractivity contribution in [2.24, 2.45) is 0 Å². The highest BCUT2D eigenvalue weighted by molar-refractivity contribution is 6.24. The van der Waals surface area contributed by atoms with E-state index in [4.69, 9.17) is 0 Å². The van der Waals surface area contributed by atoms with Crippen LogP contribution in [0.3, 0.4) is 0 Å². The molecule has 75 heavy (non-hydrogen) atoms. The molecule has 3 atom stereocenters. The minimum atomic E-state index is -5.00. The number of aryl methyl sites for hydroxylation is 1. The highest BCUT2D eigenvalue weighted by Gasteiger charge is 2.45. The van der Waals surface area contributed by atoms with Crippen molar-refractivity contribution >= 4 is 58.5 Å². The number of nitrogens with one attached hydrogen (secondary N) is 4. The Morgan fingerprint density at radius 3 is 2.24 bits per heavy atom. The minimum Gasteiger partial charge on any atom is -0.367 e. The lowest BCUT2D eigenvalue weighted by atomic mass is 9.97. The number of piperidine rings is 1. The standard InChI is InChI=1S/C53H60F4N10O8/c1-31-29-66(30-32(2)63(31)3)42-26-39(54)36(24-40(42)61-49(72)37-28-60-46(70)25-38(37)53(55,56)57)34-13-15-43(59-27-34)64-20-22-65(23-21-64)47(71)18-17-44(68)58-19-8-6-4-5-7-10-33-11-9-12-35-48(33)52(75)67(51(35)74)41-14-16-45(69)62-50(41)73/h9,11-13,15,24-28,31-32,41H,4-8,10,14,16-23,29-30H2,1-3H3,(H,58,68)(H,60,70)(H,61,72)(H,62,69,73)/t31-,32+,41?. The second kappa shape index (κ2) is 23.0. The van der Waals surface area contributed by atoms with Crippen molar-refractivity contribution < 1.29 is 51.1 Å². The van der Waals surface area contributed by atoms with E-state index >= 15 is 4.39 Å². The number of piperazine rings is 2. The summed E-state index contributed by atoms with van der Waals surface area (Å²) in [5, 5.41) is 7.67.